The number of amides is 1. The van der Waals surface area contributed by atoms with Gasteiger partial charge in [0.15, 0.2) is 0 Å². The van der Waals surface area contributed by atoms with E-state index in [9.17, 15) is 4.79 Å². The van der Waals surface area contributed by atoms with E-state index in [-0.39, 0.29) is 23.7 Å². The maximum atomic E-state index is 11.2. The minimum Gasteiger partial charge on any atom is -0.444 e. The van der Waals surface area contributed by atoms with Crippen molar-refractivity contribution >= 4 is 6.09 Å². The van der Waals surface area contributed by atoms with Crippen molar-refractivity contribution in [1.82, 2.24) is 5.32 Å². The van der Waals surface area contributed by atoms with Gasteiger partial charge in [0.1, 0.15) is 6.10 Å². The van der Waals surface area contributed by atoms with Crippen LogP contribution in [-0.4, -0.2) is 18.2 Å². The lowest BCUT2D eigenvalue weighted by atomic mass is 9.69. The molecule has 1 N–H and O–H groups in total. The highest BCUT2D eigenvalue weighted by atomic mass is 16.6. The second-order valence-corrected chi connectivity index (χ2v) is 5.78. The van der Waals surface area contributed by atoms with Gasteiger partial charge in [-0.15, -0.1) is 0 Å². The van der Waals surface area contributed by atoms with Gasteiger partial charge in [-0.1, -0.05) is 20.8 Å². The summed E-state index contributed by atoms with van der Waals surface area (Å²) >= 11 is 0. The number of hydrogen-bond donors (Lipinski definition) is 1. The van der Waals surface area contributed by atoms with Crippen molar-refractivity contribution in [1.29, 1.82) is 0 Å². The van der Waals surface area contributed by atoms with Gasteiger partial charge < -0.3 is 10.1 Å². The van der Waals surface area contributed by atoms with Crippen molar-refractivity contribution in [3.63, 3.8) is 0 Å². The van der Waals surface area contributed by atoms with E-state index in [0.717, 1.165) is 0 Å². The third-order valence-corrected chi connectivity index (χ3v) is 5.30. The molecular weight excluding hydrogens is 178 g/mol. The Morgan fingerprint density at radius 3 is 2.79 bits per heavy atom. The third kappa shape index (κ3) is 0.665. The second kappa shape index (κ2) is 2.10. The number of carbonyl (C=O) groups excluding carboxylic acids is 1. The Labute approximate surface area is 84.2 Å². The molecule has 4 atom stereocenters. The number of nitrogens with one attached hydrogen (secondary N) is 1. The van der Waals surface area contributed by atoms with Crippen molar-refractivity contribution in [2.75, 3.05) is 0 Å². The summed E-state index contributed by atoms with van der Waals surface area (Å²) in [6, 6.07) is 0.253. The lowest BCUT2D eigenvalue weighted by Gasteiger charge is -2.37. The molecule has 0 aromatic heterocycles. The summed E-state index contributed by atoms with van der Waals surface area (Å²) in [6.45, 7) is 6.93. The predicted octanol–water partition coefficient (Wildman–Crippen LogP) is 1.92. The van der Waals surface area contributed by atoms with Crippen LogP contribution in [-0.2, 0) is 4.74 Å². The maximum Gasteiger partial charge on any atom is 0.407 e. The average molecular weight is 195 g/mol. The molecule has 0 radical (unpaired) electrons. The Hall–Kier alpha value is -0.730. The summed E-state index contributed by atoms with van der Waals surface area (Å²) in [5.41, 5.74) is 0.532. The van der Waals surface area contributed by atoms with Gasteiger partial charge in [0, 0.05) is 5.92 Å². The van der Waals surface area contributed by atoms with E-state index in [1.54, 1.807) is 0 Å². The Morgan fingerprint density at radius 2 is 2.14 bits per heavy atom. The fourth-order valence-corrected chi connectivity index (χ4v) is 3.96. The Kier molecular flexibility index (Phi) is 1.28. The summed E-state index contributed by atoms with van der Waals surface area (Å²) in [4.78, 5) is 11.2. The molecule has 78 valence electrons. The Bertz CT molecular complexity index is 312. The number of alkyl carbamates (subject to hydrolysis) is 1. The van der Waals surface area contributed by atoms with Crippen LogP contribution in [0, 0.1) is 16.7 Å². The highest BCUT2D eigenvalue weighted by Crippen LogP contribution is 2.66. The van der Waals surface area contributed by atoms with Gasteiger partial charge in [0.2, 0.25) is 0 Å². The largest absolute Gasteiger partial charge is 0.444 e. The second-order valence-electron chi connectivity index (χ2n) is 5.78. The minimum absolute atomic E-state index is 0.135. The SMILES string of the molecule is CC1(C)C2CCC1(C)C1NC(=O)OC21. The van der Waals surface area contributed by atoms with E-state index in [1.165, 1.54) is 12.8 Å². The molecule has 1 amide bonds. The molecule has 2 bridgehead atoms. The van der Waals surface area contributed by atoms with Crippen LogP contribution >= 0.6 is 0 Å². The van der Waals surface area contributed by atoms with Crippen LogP contribution < -0.4 is 5.32 Å². The van der Waals surface area contributed by atoms with Crippen LogP contribution in [0.1, 0.15) is 33.6 Å². The molecule has 3 rings (SSSR count). The molecule has 3 nitrogen and oxygen atoms in total. The number of fused-ring (bicyclic) bond motifs is 5. The first kappa shape index (κ1) is 8.57. The first-order valence-corrected chi connectivity index (χ1v) is 5.44. The molecule has 2 aliphatic carbocycles. The average Bonchev–Trinajstić information content (AvgIpc) is 2.59. The van der Waals surface area contributed by atoms with Gasteiger partial charge in [0.25, 0.3) is 0 Å². The summed E-state index contributed by atoms with van der Waals surface area (Å²) < 4.78 is 5.37. The molecule has 3 fully saturated rings. The van der Waals surface area contributed by atoms with Gasteiger partial charge in [0.05, 0.1) is 6.04 Å². The van der Waals surface area contributed by atoms with Crippen LogP contribution in [0.25, 0.3) is 0 Å². The number of hydrogen-bond acceptors (Lipinski definition) is 2. The maximum absolute atomic E-state index is 11.2. The smallest absolute Gasteiger partial charge is 0.407 e. The zero-order valence-corrected chi connectivity index (χ0v) is 8.96. The number of ether oxygens (including phenoxy) is 1. The molecule has 3 heteroatoms. The third-order valence-electron chi connectivity index (χ3n) is 5.30. The molecule has 1 heterocycles. The van der Waals surface area contributed by atoms with E-state index >= 15 is 0 Å². The van der Waals surface area contributed by atoms with Gasteiger partial charge in [-0.2, -0.15) is 0 Å². The zero-order valence-electron chi connectivity index (χ0n) is 8.96. The van der Waals surface area contributed by atoms with Crippen molar-refractivity contribution in [3.8, 4) is 0 Å². The molecular formula is C11H17NO2. The quantitative estimate of drug-likeness (QED) is 0.641. The highest BCUT2D eigenvalue weighted by Gasteiger charge is 2.69. The number of rotatable bonds is 0. The summed E-state index contributed by atoms with van der Waals surface area (Å²) in [6.07, 6.45) is 2.35. The molecule has 0 aromatic carbocycles. The molecule has 3 aliphatic rings. The summed E-state index contributed by atoms with van der Waals surface area (Å²) in [5, 5.41) is 2.98. The van der Waals surface area contributed by atoms with Crippen LogP contribution in [0.15, 0.2) is 0 Å². The van der Waals surface area contributed by atoms with Gasteiger partial charge in [-0.25, -0.2) is 4.79 Å². The number of carbonyl (C=O) groups is 1. The van der Waals surface area contributed by atoms with Crippen molar-refractivity contribution in [2.45, 2.75) is 45.8 Å². The molecule has 4 unspecified atom stereocenters. The first-order valence-electron chi connectivity index (χ1n) is 5.44. The lowest BCUT2D eigenvalue weighted by molar-refractivity contribution is 0.0838. The van der Waals surface area contributed by atoms with Gasteiger partial charge in [-0.05, 0) is 23.7 Å². The van der Waals surface area contributed by atoms with E-state index in [0.29, 0.717) is 11.3 Å². The van der Waals surface area contributed by atoms with Crippen LogP contribution in [0.5, 0.6) is 0 Å². The standard InChI is InChI=1S/C11H17NO2/c1-10(2)6-4-5-11(10,3)8-7(6)14-9(13)12-8/h6-8H,4-5H2,1-3H3,(H,12,13). The van der Waals surface area contributed by atoms with Gasteiger partial charge >= 0.3 is 6.09 Å². The lowest BCUT2D eigenvalue weighted by Crippen LogP contribution is -2.45. The summed E-state index contributed by atoms with van der Waals surface area (Å²) in [7, 11) is 0. The molecule has 1 saturated heterocycles. The Morgan fingerprint density at radius 1 is 1.43 bits per heavy atom. The monoisotopic (exact) mass is 195 g/mol. The topological polar surface area (TPSA) is 38.3 Å². The van der Waals surface area contributed by atoms with E-state index in [4.69, 9.17) is 4.74 Å². The normalized spacial score (nSPS) is 52.8. The van der Waals surface area contributed by atoms with Crippen LogP contribution in [0.2, 0.25) is 0 Å². The predicted molar refractivity (Wildman–Crippen MR) is 51.8 cm³/mol. The summed E-state index contributed by atoms with van der Waals surface area (Å²) in [5.74, 6) is 0.552. The molecule has 1 aliphatic heterocycles. The van der Waals surface area contributed by atoms with E-state index < -0.39 is 0 Å². The molecule has 0 spiro atoms. The van der Waals surface area contributed by atoms with Crippen LogP contribution in [0.4, 0.5) is 4.79 Å². The fourth-order valence-electron chi connectivity index (χ4n) is 3.96. The highest BCUT2D eigenvalue weighted by molar-refractivity contribution is 5.71. The van der Waals surface area contributed by atoms with Crippen molar-refractivity contribution in [3.05, 3.63) is 0 Å². The van der Waals surface area contributed by atoms with E-state index in [2.05, 4.69) is 26.1 Å². The van der Waals surface area contributed by atoms with Gasteiger partial charge in [-0.3, -0.25) is 0 Å². The minimum atomic E-state index is -0.214. The fraction of sp³-hybridized carbons (Fsp3) is 0.909. The zero-order chi connectivity index (χ0) is 10.1. The Balaban J connectivity index is 2.06. The molecule has 14 heavy (non-hydrogen) atoms. The first-order chi connectivity index (χ1) is 6.47. The van der Waals surface area contributed by atoms with E-state index in [1.807, 2.05) is 0 Å². The molecule has 0 aromatic rings. The molecule has 2 saturated carbocycles. The van der Waals surface area contributed by atoms with Crippen molar-refractivity contribution in [2.24, 2.45) is 16.7 Å². The van der Waals surface area contributed by atoms with Crippen molar-refractivity contribution < 1.29 is 9.53 Å². The van der Waals surface area contributed by atoms with Crippen LogP contribution in [0.3, 0.4) is 0 Å².